The van der Waals surface area contributed by atoms with Gasteiger partial charge in [-0.05, 0) is 20.8 Å². The molecule has 0 spiro atoms. The van der Waals surface area contributed by atoms with Gasteiger partial charge in [-0.25, -0.2) is 0 Å². The number of carbonyl (C=O) groups is 3. The summed E-state index contributed by atoms with van der Waals surface area (Å²) in [6.07, 6.45) is 0. The summed E-state index contributed by atoms with van der Waals surface area (Å²) in [7, 11) is 0. The van der Waals surface area contributed by atoms with Gasteiger partial charge >= 0.3 is 11.9 Å². The third-order valence-corrected chi connectivity index (χ3v) is 1.63. The number of carboxylic acid groups (broad SMARTS) is 2. The SMILES string of the molecule is CC(C)(C)OCC(=O)N(CC(=O)O)CC(=O)O. The van der Waals surface area contributed by atoms with Crippen molar-refractivity contribution in [3.05, 3.63) is 0 Å². The van der Waals surface area contributed by atoms with Crippen molar-refractivity contribution in [1.82, 2.24) is 4.90 Å². The molecule has 0 saturated heterocycles. The van der Waals surface area contributed by atoms with Gasteiger partial charge < -0.3 is 19.8 Å². The maximum atomic E-state index is 11.5. The van der Waals surface area contributed by atoms with Gasteiger partial charge in [0.1, 0.15) is 19.7 Å². The average molecular weight is 247 g/mol. The summed E-state index contributed by atoms with van der Waals surface area (Å²) >= 11 is 0. The highest BCUT2D eigenvalue weighted by Gasteiger charge is 2.21. The molecule has 0 aliphatic rings. The number of amides is 1. The minimum atomic E-state index is -1.27. The van der Waals surface area contributed by atoms with Crippen molar-refractivity contribution < 1.29 is 29.3 Å². The zero-order chi connectivity index (χ0) is 13.6. The molecule has 0 fully saturated rings. The Bertz CT molecular complexity index is 290. The van der Waals surface area contributed by atoms with Gasteiger partial charge in [-0.1, -0.05) is 0 Å². The molecule has 1 amide bonds. The van der Waals surface area contributed by atoms with E-state index in [9.17, 15) is 14.4 Å². The second-order valence-electron chi connectivity index (χ2n) is 4.44. The van der Waals surface area contributed by atoms with Gasteiger partial charge in [-0.2, -0.15) is 0 Å². The van der Waals surface area contributed by atoms with Gasteiger partial charge in [0.2, 0.25) is 5.91 Å². The van der Waals surface area contributed by atoms with Gasteiger partial charge in [-0.3, -0.25) is 14.4 Å². The van der Waals surface area contributed by atoms with Crippen LogP contribution < -0.4 is 0 Å². The normalized spacial score (nSPS) is 11.0. The molecule has 0 aromatic heterocycles. The fraction of sp³-hybridized carbons (Fsp3) is 0.700. The number of rotatable bonds is 6. The van der Waals surface area contributed by atoms with E-state index in [1.165, 1.54) is 0 Å². The third kappa shape index (κ3) is 8.21. The van der Waals surface area contributed by atoms with Crippen LogP contribution in [0.4, 0.5) is 0 Å². The summed E-state index contributed by atoms with van der Waals surface area (Å²) in [5.41, 5.74) is -0.548. The number of aliphatic carboxylic acids is 2. The topological polar surface area (TPSA) is 104 Å². The summed E-state index contributed by atoms with van der Waals surface area (Å²) < 4.78 is 5.16. The Labute approximate surface area is 99.0 Å². The van der Waals surface area contributed by atoms with E-state index in [2.05, 4.69) is 0 Å². The van der Waals surface area contributed by atoms with E-state index in [4.69, 9.17) is 14.9 Å². The first-order valence-electron chi connectivity index (χ1n) is 4.97. The second-order valence-corrected chi connectivity index (χ2v) is 4.44. The van der Waals surface area contributed by atoms with E-state index in [-0.39, 0.29) is 6.61 Å². The standard InChI is InChI=1S/C10H17NO6/c1-10(2,3)17-6-7(12)11(4-8(13)14)5-9(15)16/h4-6H2,1-3H3,(H,13,14)(H,15,16). The maximum Gasteiger partial charge on any atom is 0.323 e. The van der Waals surface area contributed by atoms with Gasteiger partial charge in [0.25, 0.3) is 0 Å². The molecule has 0 aromatic rings. The minimum absolute atomic E-state index is 0.343. The molecule has 0 radical (unpaired) electrons. The van der Waals surface area contributed by atoms with Crippen molar-refractivity contribution in [3.8, 4) is 0 Å². The molecule has 0 atom stereocenters. The molecule has 0 heterocycles. The van der Waals surface area contributed by atoms with E-state index < -0.39 is 36.5 Å². The van der Waals surface area contributed by atoms with E-state index in [1.807, 2.05) is 0 Å². The first-order chi connectivity index (χ1) is 7.61. The highest BCUT2D eigenvalue weighted by molar-refractivity contribution is 5.85. The third-order valence-electron chi connectivity index (χ3n) is 1.63. The number of hydrogen-bond donors (Lipinski definition) is 2. The van der Waals surface area contributed by atoms with Crippen LogP contribution in [0.2, 0.25) is 0 Å². The molecule has 17 heavy (non-hydrogen) atoms. The smallest absolute Gasteiger partial charge is 0.323 e. The second kappa shape index (κ2) is 6.19. The van der Waals surface area contributed by atoms with Crippen LogP contribution in [0.15, 0.2) is 0 Å². The molecule has 0 saturated carbocycles. The van der Waals surface area contributed by atoms with Crippen LogP contribution >= 0.6 is 0 Å². The van der Waals surface area contributed by atoms with Crippen molar-refractivity contribution in [2.24, 2.45) is 0 Å². The zero-order valence-corrected chi connectivity index (χ0v) is 10.1. The first kappa shape index (κ1) is 15.4. The van der Waals surface area contributed by atoms with Crippen LogP contribution in [0, 0.1) is 0 Å². The van der Waals surface area contributed by atoms with Crippen molar-refractivity contribution in [2.75, 3.05) is 19.7 Å². The maximum absolute atomic E-state index is 11.5. The Kier molecular flexibility index (Phi) is 5.60. The largest absolute Gasteiger partial charge is 0.480 e. The fourth-order valence-electron chi connectivity index (χ4n) is 0.928. The number of hydrogen-bond acceptors (Lipinski definition) is 4. The van der Waals surface area contributed by atoms with Crippen molar-refractivity contribution in [3.63, 3.8) is 0 Å². The number of nitrogens with zero attached hydrogens (tertiary/aromatic N) is 1. The summed E-state index contributed by atoms with van der Waals surface area (Å²) in [5.74, 6) is -3.20. The fourth-order valence-corrected chi connectivity index (χ4v) is 0.928. The molecule has 98 valence electrons. The molecule has 0 aromatic carbocycles. The van der Waals surface area contributed by atoms with Crippen LogP contribution in [0.3, 0.4) is 0 Å². The summed E-state index contributed by atoms with van der Waals surface area (Å²) in [6.45, 7) is 3.55. The quantitative estimate of drug-likeness (QED) is 0.673. The zero-order valence-electron chi connectivity index (χ0n) is 10.1. The lowest BCUT2D eigenvalue weighted by atomic mass is 10.2. The summed E-state index contributed by atoms with van der Waals surface area (Å²) in [5, 5.41) is 17.1. The highest BCUT2D eigenvalue weighted by Crippen LogP contribution is 2.06. The van der Waals surface area contributed by atoms with E-state index >= 15 is 0 Å². The van der Waals surface area contributed by atoms with Crippen molar-refractivity contribution in [2.45, 2.75) is 26.4 Å². The average Bonchev–Trinajstić information content (AvgIpc) is 2.10. The lowest BCUT2D eigenvalue weighted by Gasteiger charge is -2.23. The monoisotopic (exact) mass is 247 g/mol. The van der Waals surface area contributed by atoms with Crippen molar-refractivity contribution in [1.29, 1.82) is 0 Å². The Balaban J connectivity index is 4.42. The molecule has 7 nitrogen and oxygen atoms in total. The van der Waals surface area contributed by atoms with Gasteiger partial charge in [0.15, 0.2) is 0 Å². The Morgan fingerprint density at radius 2 is 1.47 bits per heavy atom. The van der Waals surface area contributed by atoms with Crippen LogP contribution in [0.25, 0.3) is 0 Å². The van der Waals surface area contributed by atoms with Crippen LogP contribution in [0.5, 0.6) is 0 Å². The first-order valence-corrected chi connectivity index (χ1v) is 4.97. The van der Waals surface area contributed by atoms with E-state index in [0.29, 0.717) is 0 Å². The predicted octanol–water partition coefficient (Wildman–Crippen LogP) is -0.201. The van der Waals surface area contributed by atoms with Gasteiger partial charge in [0.05, 0.1) is 5.60 Å². The molecule has 0 unspecified atom stereocenters. The Morgan fingerprint density at radius 1 is 1.06 bits per heavy atom. The number of ether oxygens (including phenoxy) is 1. The van der Waals surface area contributed by atoms with Crippen LogP contribution in [-0.2, 0) is 19.1 Å². The highest BCUT2D eigenvalue weighted by atomic mass is 16.5. The van der Waals surface area contributed by atoms with Crippen LogP contribution in [0.1, 0.15) is 20.8 Å². The van der Waals surface area contributed by atoms with Gasteiger partial charge in [-0.15, -0.1) is 0 Å². The lowest BCUT2D eigenvalue weighted by Crippen LogP contribution is -2.42. The lowest BCUT2D eigenvalue weighted by molar-refractivity contribution is -0.153. The van der Waals surface area contributed by atoms with E-state index in [1.54, 1.807) is 20.8 Å². The van der Waals surface area contributed by atoms with E-state index in [0.717, 1.165) is 4.90 Å². The molecular weight excluding hydrogens is 230 g/mol. The molecule has 0 aliphatic heterocycles. The minimum Gasteiger partial charge on any atom is -0.480 e. The number of carboxylic acids is 2. The van der Waals surface area contributed by atoms with Crippen LogP contribution in [-0.4, -0.2) is 58.3 Å². The van der Waals surface area contributed by atoms with Crippen molar-refractivity contribution >= 4 is 17.8 Å². The summed E-state index contributed by atoms with van der Waals surface area (Å²) in [6, 6.07) is 0. The molecule has 2 N–H and O–H groups in total. The Hall–Kier alpha value is -1.63. The molecule has 0 aliphatic carbocycles. The van der Waals surface area contributed by atoms with Gasteiger partial charge in [0, 0.05) is 0 Å². The predicted molar refractivity (Wildman–Crippen MR) is 57.6 cm³/mol. The summed E-state index contributed by atoms with van der Waals surface area (Å²) in [4.78, 5) is 33.2. The molecular formula is C10H17NO6. The molecule has 0 bridgehead atoms. The Morgan fingerprint density at radius 3 is 1.76 bits per heavy atom. The molecule has 7 heteroatoms. The molecule has 0 rings (SSSR count). The number of carbonyl (C=O) groups excluding carboxylic acids is 1.